The fourth-order valence-corrected chi connectivity index (χ4v) is 2.14. The standard InChI is InChI=1S/C14H23N3O4/c1-14(2,3)21-13(19)15-10-8-17(16-11(10)9-18)12-6-4-5-7-20-12/h8,12,18H,4-7,9H2,1-3H3,(H,15,19). The van der Waals surface area contributed by atoms with E-state index >= 15 is 0 Å². The van der Waals surface area contributed by atoms with Crippen LogP contribution < -0.4 is 5.32 Å². The number of aliphatic hydroxyl groups is 1. The van der Waals surface area contributed by atoms with Gasteiger partial charge in [-0.15, -0.1) is 0 Å². The zero-order valence-electron chi connectivity index (χ0n) is 12.8. The van der Waals surface area contributed by atoms with E-state index in [1.54, 1.807) is 31.6 Å². The van der Waals surface area contributed by atoms with Crippen molar-refractivity contribution in [2.75, 3.05) is 11.9 Å². The van der Waals surface area contributed by atoms with Crippen LogP contribution in [0.1, 0.15) is 52.0 Å². The Morgan fingerprint density at radius 2 is 2.33 bits per heavy atom. The van der Waals surface area contributed by atoms with Crippen LogP contribution in [0.15, 0.2) is 6.20 Å². The third-order valence-electron chi connectivity index (χ3n) is 3.04. The van der Waals surface area contributed by atoms with E-state index in [0.717, 1.165) is 19.3 Å². The summed E-state index contributed by atoms with van der Waals surface area (Å²) in [6, 6.07) is 0. The van der Waals surface area contributed by atoms with Gasteiger partial charge in [-0.3, -0.25) is 5.32 Å². The summed E-state index contributed by atoms with van der Waals surface area (Å²) in [5, 5.41) is 16.3. The molecule has 1 amide bonds. The predicted octanol–water partition coefficient (Wildman–Crippen LogP) is 2.42. The van der Waals surface area contributed by atoms with Crippen molar-refractivity contribution in [3.63, 3.8) is 0 Å². The van der Waals surface area contributed by atoms with Crippen molar-refractivity contribution in [3.05, 3.63) is 11.9 Å². The van der Waals surface area contributed by atoms with Gasteiger partial charge in [-0.25, -0.2) is 9.48 Å². The molecule has 21 heavy (non-hydrogen) atoms. The Kier molecular flexibility index (Phi) is 4.84. The fourth-order valence-electron chi connectivity index (χ4n) is 2.14. The summed E-state index contributed by atoms with van der Waals surface area (Å²) in [7, 11) is 0. The highest BCUT2D eigenvalue weighted by Crippen LogP contribution is 2.25. The minimum atomic E-state index is -0.577. The van der Waals surface area contributed by atoms with E-state index in [1.807, 2.05) is 0 Å². The van der Waals surface area contributed by atoms with Gasteiger partial charge in [0.2, 0.25) is 0 Å². The number of anilines is 1. The van der Waals surface area contributed by atoms with Gasteiger partial charge in [0, 0.05) is 6.61 Å². The molecule has 2 N–H and O–H groups in total. The molecule has 2 heterocycles. The molecule has 7 heteroatoms. The molecule has 2 rings (SSSR count). The summed E-state index contributed by atoms with van der Waals surface area (Å²) >= 11 is 0. The molecule has 118 valence electrons. The van der Waals surface area contributed by atoms with Gasteiger partial charge >= 0.3 is 6.09 Å². The van der Waals surface area contributed by atoms with E-state index in [2.05, 4.69) is 10.4 Å². The van der Waals surface area contributed by atoms with Crippen molar-refractivity contribution >= 4 is 11.8 Å². The van der Waals surface area contributed by atoms with Crippen molar-refractivity contribution in [3.8, 4) is 0 Å². The molecule has 0 bridgehead atoms. The van der Waals surface area contributed by atoms with Crippen molar-refractivity contribution < 1.29 is 19.4 Å². The molecule has 1 atom stereocenters. The molecule has 1 fully saturated rings. The van der Waals surface area contributed by atoms with Crippen LogP contribution in [0.25, 0.3) is 0 Å². The molecule has 1 saturated heterocycles. The Labute approximate surface area is 124 Å². The molecule has 0 aliphatic carbocycles. The number of hydrogen-bond donors (Lipinski definition) is 2. The second kappa shape index (κ2) is 6.44. The second-order valence-electron chi connectivity index (χ2n) is 6.08. The summed E-state index contributed by atoms with van der Waals surface area (Å²) in [4.78, 5) is 11.8. The highest BCUT2D eigenvalue weighted by atomic mass is 16.6. The number of carbonyl (C=O) groups excluding carboxylic acids is 1. The topological polar surface area (TPSA) is 85.6 Å². The average molecular weight is 297 g/mol. The zero-order chi connectivity index (χ0) is 15.5. The van der Waals surface area contributed by atoms with E-state index in [-0.39, 0.29) is 12.8 Å². The van der Waals surface area contributed by atoms with Crippen molar-refractivity contribution in [2.45, 2.75) is 58.5 Å². The first kappa shape index (κ1) is 15.8. The number of ether oxygens (including phenoxy) is 2. The first-order valence-electron chi connectivity index (χ1n) is 7.19. The van der Waals surface area contributed by atoms with E-state index in [9.17, 15) is 9.90 Å². The monoisotopic (exact) mass is 297 g/mol. The maximum absolute atomic E-state index is 11.8. The third-order valence-corrected chi connectivity index (χ3v) is 3.04. The average Bonchev–Trinajstić information content (AvgIpc) is 2.80. The molecule has 1 aliphatic heterocycles. The number of nitrogens with one attached hydrogen (secondary N) is 1. The third kappa shape index (κ3) is 4.44. The quantitative estimate of drug-likeness (QED) is 0.895. The summed E-state index contributed by atoms with van der Waals surface area (Å²) in [5.74, 6) is 0. The molecule has 1 aliphatic rings. The van der Waals surface area contributed by atoms with Crippen LogP contribution in [0.4, 0.5) is 10.5 Å². The van der Waals surface area contributed by atoms with Crippen LogP contribution in [0.5, 0.6) is 0 Å². The molecule has 1 aromatic rings. The van der Waals surface area contributed by atoms with E-state index < -0.39 is 11.7 Å². The number of aromatic nitrogens is 2. The van der Waals surface area contributed by atoms with Crippen LogP contribution in [0.3, 0.4) is 0 Å². The molecule has 0 radical (unpaired) electrons. The molecular formula is C14H23N3O4. The van der Waals surface area contributed by atoms with Gasteiger partial charge in [0.25, 0.3) is 0 Å². The molecule has 0 aromatic carbocycles. The lowest BCUT2D eigenvalue weighted by Crippen LogP contribution is -2.27. The molecule has 0 spiro atoms. The zero-order valence-corrected chi connectivity index (χ0v) is 12.8. The molecule has 1 aromatic heterocycles. The molecule has 0 saturated carbocycles. The van der Waals surface area contributed by atoms with Crippen LogP contribution in [-0.2, 0) is 16.1 Å². The highest BCUT2D eigenvalue weighted by molar-refractivity contribution is 5.85. The number of amides is 1. The van der Waals surface area contributed by atoms with Gasteiger partial charge in [-0.2, -0.15) is 5.10 Å². The Balaban J connectivity index is 2.08. The molecule has 7 nitrogen and oxygen atoms in total. The maximum atomic E-state index is 11.8. The Hall–Kier alpha value is -1.60. The van der Waals surface area contributed by atoms with E-state index in [4.69, 9.17) is 9.47 Å². The number of hydrogen-bond acceptors (Lipinski definition) is 5. The Bertz CT molecular complexity index is 487. The SMILES string of the molecule is CC(C)(C)OC(=O)Nc1cn(C2CCCCO2)nc1CO. The van der Waals surface area contributed by atoms with Gasteiger partial charge in [0.1, 0.15) is 17.5 Å². The summed E-state index contributed by atoms with van der Waals surface area (Å²) in [6.07, 6.45) is 3.96. The van der Waals surface area contributed by atoms with Crippen LogP contribution in [0.2, 0.25) is 0 Å². The van der Waals surface area contributed by atoms with Gasteiger partial charge in [0.05, 0.1) is 18.5 Å². The smallest absolute Gasteiger partial charge is 0.412 e. The number of rotatable bonds is 3. The maximum Gasteiger partial charge on any atom is 0.412 e. The first-order chi connectivity index (χ1) is 9.89. The minimum absolute atomic E-state index is 0.141. The highest BCUT2D eigenvalue weighted by Gasteiger charge is 2.21. The van der Waals surface area contributed by atoms with Crippen LogP contribution in [-0.4, -0.2) is 33.2 Å². The molecule has 1 unspecified atom stereocenters. The Morgan fingerprint density at radius 1 is 1.57 bits per heavy atom. The summed E-state index contributed by atoms with van der Waals surface area (Å²) in [5.41, 5.74) is 0.266. The van der Waals surface area contributed by atoms with Gasteiger partial charge in [0.15, 0.2) is 0 Å². The molecular weight excluding hydrogens is 274 g/mol. The largest absolute Gasteiger partial charge is 0.444 e. The fraction of sp³-hybridized carbons (Fsp3) is 0.714. The second-order valence-corrected chi connectivity index (χ2v) is 6.08. The van der Waals surface area contributed by atoms with Crippen LogP contribution in [0, 0.1) is 0 Å². The first-order valence-corrected chi connectivity index (χ1v) is 7.19. The predicted molar refractivity (Wildman–Crippen MR) is 76.8 cm³/mol. The Morgan fingerprint density at radius 3 is 2.90 bits per heavy atom. The number of aliphatic hydroxyl groups excluding tert-OH is 1. The van der Waals surface area contributed by atoms with E-state index in [0.29, 0.717) is 18.0 Å². The minimum Gasteiger partial charge on any atom is -0.444 e. The van der Waals surface area contributed by atoms with Gasteiger partial charge in [-0.05, 0) is 40.0 Å². The van der Waals surface area contributed by atoms with Gasteiger partial charge in [-0.1, -0.05) is 0 Å². The van der Waals surface area contributed by atoms with Crippen LogP contribution >= 0.6 is 0 Å². The lowest BCUT2D eigenvalue weighted by Gasteiger charge is -2.22. The normalized spacial score (nSPS) is 19.3. The summed E-state index contributed by atoms with van der Waals surface area (Å²) in [6.45, 7) is 5.81. The summed E-state index contributed by atoms with van der Waals surface area (Å²) < 4.78 is 12.5. The van der Waals surface area contributed by atoms with Crippen molar-refractivity contribution in [2.24, 2.45) is 0 Å². The number of carbonyl (C=O) groups is 1. The lowest BCUT2D eigenvalue weighted by molar-refractivity contribution is -0.0398. The van der Waals surface area contributed by atoms with Crippen molar-refractivity contribution in [1.29, 1.82) is 0 Å². The van der Waals surface area contributed by atoms with Gasteiger partial charge < -0.3 is 14.6 Å². The van der Waals surface area contributed by atoms with E-state index in [1.165, 1.54) is 0 Å². The lowest BCUT2D eigenvalue weighted by atomic mass is 10.2. The number of nitrogens with zero attached hydrogens (tertiary/aromatic N) is 2. The van der Waals surface area contributed by atoms with Crippen molar-refractivity contribution in [1.82, 2.24) is 9.78 Å².